The first-order chi connectivity index (χ1) is 16.3. The summed E-state index contributed by atoms with van der Waals surface area (Å²) in [6, 6.07) is 16.3. The minimum absolute atomic E-state index is 0.192. The van der Waals surface area contributed by atoms with Gasteiger partial charge in [0.1, 0.15) is 18.0 Å². The highest BCUT2D eigenvalue weighted by Gasteiger charge is 2.22. The third-order valence-electron chi connectivity index (χ3n) is 5.15. The molecule has 1 unspecified atom stereocenters. The fourth-order valence-corrected chi connectivity index (χ4v) is 4.10. The Kier molecular flexibility index (Phi) is 7.09. The Bertz CT molecular complexity index is 1350. The number of halogens is 1. The van der Waals surface area contributed by atoms with Crippen molar-refractivity contribution in [2.24, 2.45) is 7.05 Å². The van der Waals surface area contributed by atoms with Crippen LogP contribution in [0.2, 0.25) is 5.02 Å². The molecule has 0 aliphatic rings. The number of benzene rings is 2. The first-order valence-electron chi connectivity index (χ1n) is 10.4. The molecule has 9 nitrogen and oxygen atoms in total. The number of carbonyl (C=O) groups excluding carboxylic acids is 1. The summed E-state index contributed by atoms with van der Waals surface area (Å²) in [5, 5.41) is 10.2. The van der Waals surface area contributed by atoms with E-state index in [-0.39, 0.29) is 23.8 Å². The monoisotopic (exact) mass is 498 g/mol. The maximum absolute atomic E-state index is 13.0. The van der Waals surface area contributed by atoms with Gasteiger partial charge in [0.2, 0.25) is 11.1 Å². The Morgan fingerprint density at radius 2 is 1.91 bits per heavy atom. The standard InChI is InChI=1S/C23H23ClN6O3S/c1-14-20(22(32)30(29(14)3)17-7-5-4-6-8-17)26-21(31)15(2)34-23-25-19(27-28-23)13-33-18-11-9-16(24)10-12-18/h4-12,15H,13H2,1-3H3,(H,26,31)(H,25,27,28). The second-order valence-corrected chi connectivity index (χ2v) is 9.24. The van der Waals surface area contributed by atoms with Crippen molar-refractivity contribution in [3.63, 3.8) is 0 Å². The first-order valence-corrected chi connectivity index (χ1v) is 11.7. The molecule has 176 valence electrons. The summed E-state index contributed by atoms with van der Waals surface area (Å²) in [6.07, 6.45) is 0. The number of aromatic amines is 1. The van der Waals surface area contributed by atoms with Crippen LogP contribution >= 0.6 is 23.4 Å². The largest absolute Gasteiger partial charge is 0.486 e. The Balaban J connectivity index is 1.39. The summed E-state index contributed by atoms with van der Waals surface area (Å²) in [4.78, 5) is 30.2. The Labute approximate surface area is 205 Å². The molecule has 2 heterocycles. The highest BCUT2D eigenvalue weighted by atomic mass is 35.5. The van der Waals surface area contributed by atoms with Crippen molar-refractivity contribution in [3.8, 4) is 11.4 Å². The van der Waals surface area contributed by atoms with Crippen molar-refractivity contribution >= 4 is 35.0 Å². The number of ether oxygens (including phenoxy) is 1. The molecule has 0 aliphatic carbocycles. The lowest BCUT2D eigenvalue weighted by Crippen LogP contribution is -2.27. The van der Waals surface area contributed by atoms with Crippen molar-refractivity contribution in [2.45, 2.75) is 30.9 Å². The predicted octanol–water partition coefficient (Wildman–Crippen LogP) is 3.95. The molecule has 2 aromatic carbocycles. The predicted molar refractivity (Wildman–Crippen MR) is 132 cm³/mol. The fourth-order valence-electron chi connectivity index (χ4n) is 3.23. The number of hydrogen-bond acceptors (Lipinski definition) is 6. The van der Waals surface area contributed by atoms with Crippen LogP contribution in [0.4, 0.5) is 5.69 Å². The molecule has 2 aromatic heterocycles. The molecule has 1 amide bonds. The van der Waals surface area contributed by atoms with Gasteiger partial charge in [0.25, 0.3) is 5.56 Å². The lowest BCUT2D eigenvalue weighted by atomic mass is 10.3. The van der Waals surface area contributed by atoms with Gasteiger partial charge in [-0.25, -0.2) is 9.67 Å². The van der Waals surface area contributed by atoms with Crippen LogP contribution in [-0.2, 0) is 18.4 Å². The molecule has 0 radical (unpaired) electrons. The summed E-state index contributed by atoms with van der Waals surface area (Å²) in [6.45, 7) is 3.71. The van der Waals surface area contributed by atoms with E-state index in [1.54, 1.807) is 49.8 Å². The van der Waals surface area contributed by atoms with Crippen LogP contribution in [0, 0.1) is 6.92 Å². The van der Waals surface area contributed by atoms with E-state index < -0.39 is 5.25 Å². The van der Waals surface area contributed by atoms with Crippen LogP contribution in [-0.4, -0.2) is 35.7 Å². The molecule has 4 aromatic rings. The number of anilines is 1. The summed E-state index contributed by atoms with van der Waals surface area (Å²) in [7, 11) is 1.78. The Morgan fingerprint density at radius 3 is 2.62 bits per heavy atom. The highest BCUT2D eigenvalue weighted by molar-refractivity contribution is 8.00. The number of nitrogens with zero attached hydrogens (tertiary/aromatic N) is 4. The van der Waals surface area contributed by atoms with Gasteiger partial charge in [0.05, 0.1) is 16.6 Å². The van der Waals surface area contributed by atoms with E-state index in [1.165, 1.54) is 16.4 Å². The average Bonchev–Trinajstić information content (AvgIpc) is 3.36. The van der Waals surface area contributed by atoms with Gasteiger partial charge in [0, 0.05) is 12.1 Å². The summed E-state index contributed by atoms with van der Waals surface area (Å²) >= 11 is 7.05. The SMILES string of the molecule is Cc1c(NC(=O)C(C)Sc2n[nH]c(COc3ccc(Cl)cc3)n2)c(=O)n(-c2ccccc2)n1C. The van der Waals surface area contributed by atoms with E-state index in [0.29, 0.717) is 27.4 Å². The number of hydrogen-bond donors (Lipinski definition) is 2. The molecule has 11 heteroatoms. The van der Waals surface area contributed by atoms with Gasteiger partial charge >= 0.3 is 0 Å². The molecular weight excluding hydrogens is 476 g/mol. The number of aromatic nitrogens is 5. The van der Waals surface area contributed by atoms with Gasteiger partial charge in [-0.1, -0.05) is 41.6 Å². The van der Waals surface area contributed by atoms with E-state index in [0.717, 1.165) is 5.69 Å². The van der Waals surface area contributed by atoms with Crippen LogP contribution in [0.25, 0.3) is 5.69 Å². The fraction of sp³-hybridized carbons (Fsp3) is 0.217. The zero-order valence-corrected chi connectivity index (χ0v) is 20.4. The normalized spacial score (nSPS) is 11.9. The molecule has 0 saturated carbocycles. The molecule has 2 N–H and O–H groups in total. The third-order valence-corrected chi connectivity index (χ3v) is 6.37. The zero-order chi connectivity index (χ0) is 24.2. The second-order valence-electron chi connectivity index (χ2n) is 7.49. The van der Waals surface area contributed by atoms with Crippen LogP contribution in [0.3, 0.4) is 0 Å². The van der Waals surface area contributed by atoms with Gasteiger partial charge < -0.3 is 10.1 Å². The topological polar surface area (TPSA) is 107 Å². The van der Waals surface area contributed by atoms with Gasteiger partial charge in [0.15, 0.2) is 5.82 Å². The number of amides is 1. The smallest absolute Gasteiger partial charge is 0.295 e. The molecular formula is C23H23ClN6O3S. The highest BCUT2D eigenvalue weighted by Crippen LogP contribution is 2.22. The number of rotatable bonds is 8. The second kappa shape index (κ2) is 10.2. The van der Waals surface area contributed by atoms with Crippen LogP contribution in [0.15, 0.2) is 64.5 Å². The minimum Gasteiger partial charge on any atom is -0.486 e. The lowest BCUT2D eigenvalue weighted by Gasteiger charge is -2.09. The molecule has 0 fully saturated rings. The van der Waals surface area contributed by atoms with Crippen LogP contribution < -0.4 is 15.6 Å². The van der Waals surface area contributed by atoms with E-state index in [9.17, 15) is 9.59 Å². The van der Waals surface area contributed by atoms with Crippen LogP contribution in [0.5, 0.6) is 5.75 Å². The molecule has 0 saturated heterocycles. The van der Waals surface area contributed by atoms with Crippen molar-refractivity contribution in [1.29, 1.82) is 0 Å². The van der Waals surface area contributed by atoms with Crippen molar-refractivity contribution in [3.05, 3.63) is 81.5 Å². The van der Waals surface area contributed by atoms with Gasteiger partial charge in [-0.05, 0) is 50.2 Å². The molecule has 0 spiro atoms. The average molecular weight is 499 g/mol. The zero-order valence-electron chi connectivity index (χ0n) is 18.8. The molecule has 0 bridgehead atoms. The lowest BCUT2D eigenvalue weighted by molar-refractivity contribution is -0.115. The maximum atomic E-state index is 13.0. The van der Waals surface area contributed by atoms with Gasteiger partial charge in [-0.15, -0.1) is 5.10 Å². The summed E-state index contributed by atoms with van der Waals surface area (Å²) in [5.41, 5.74) is 1.32. The van der Waals surface area contributed by atoms with Crippen molar-refractivity contribution in [1.82, 2.24) is 24.5 Å². The van der Waals surface area contributed by atoms with Gasteiger partial charge in [-0.2, -0.15) is 0 Å². The quantitative estimate of drug-likeness (QED) is 0.356. The van der Waals surface area contributed by atoms with E-state index >= 15 is 0 Å². The molecule has 0 aliphatic heterocycles. The van der Waals surface area contributed by atoms with Crippen LogP contribution in [0.1, 0.15) is 18.4 Å². The Morgan fingerprint density at radius 1 is 1.21 bits per heavy atom. The van der Waals surface area contributed by atoms with E-state index in [2.05, 4.69) is 20.5 Å². The number of nitrogens with one attached hydrogen (secondary N) is 2. The Hall–Kier alpha value is -3.50. The first kappa shape index (κ1) is 23.7. The molecule has 1 atom stereocenters. The molecule has 34 heavy (non-hydrogen) atoms. The third kappa shape index (κ3) is 5.18. The number of thioether (sulfide) groups is 1. The summed E-state index contributed by atoms with van der Waals surface area (Å²) < 4.78 is 8.88. The number of carbonyl (C=O) groups is 1. The van der Waals surface area contributed by atoms with E-state index in [4.69, 9.17) is 16.3 Å². The van der Waals surface area contributed by atoms with E-state index in [1.807, 2.05) is 30.3 Å². The summed E-state index contributed by atoms with van der Waals surface area (Å²) in [5.74, 6) is 0.858. The number of H-pyrrole nitrogens is 1. The van der Waals surface area contributed by atoms with Crippen molar-refractivity contribution < 1.29 is 9.53 Å². The minimum atomic E-state index is -0.537. The van der Waals surface area contributed by atoms with Gasteiger partial charge in [-0.3, -0.25) is 19.4 Å². The number of para-hydroxylation sites is 1. The maximum Gasteiger partial charge on any atom is 0.295 e. The molecule has 4 rings (SSSR count). The van der Waals surface area contributed by atoms with Crippen molar-refractivity contribution in [2.75, 3.05) is 5.32 Å².